The molecule has 0 unspecified atom stereocenters. The van der Waals surface area contributed by atoms with E-state index in [1.807, 2.05) is 11.3 Å². The Hall–Kier alpha value is -0.760. The molecule has 2 aromatic heterocycles. The molecule has 0 N–H and O–H groups in total. The van der Waals surface area contributed by atoms with E-state index in [0.29, 0.717) is 0 Å². The van der Waals surface area contributed by atoms with Gasteiger partial charge in [-0.1, -0.05) is 0 Å². The Kier molecular flexibility index (Phi) is 1.33. The van der Waals surface area contributed by atoms with Crippen LogP contribution in [0, 0.1) is 20.8 Å². The molecule has 1 nitrogen and oxygen atoms in total. The molecule has 2 aromatic rings. The van der Waals surface area contributed by atoms with Gasteiger partial charge >= 0.3 is 0 Å². The highest BCUT2D eigenvalue weighted by molar-refractivity contribution is 7.17. The maximum Gasteiger partial charge on any atom is 0.0998 e. The summed E-state index contributed by atoms with van der Waals surface area (Å²) in [6.45, 7) is 6.47. The van der Waals surface area contributed by atoms with E-state index in [2.05, 4.69) is 37.4 Å². The lowest BCUT2D eigenvalue weighted by Gasteiger charge is -1.89. The van der Waals surface area contributed by atoms with Crippen LogP contribution in [0.4, 0.5) is 0 Å². The first kappa shape index (κ1) is 6.92. The SMILES string of the molecule is Cc1cc2sc(C)c(C)n2c1. The summed E-state index contributed by atoms with van der Waals surface area (Å²) >= 11 is 1.86. The number of hydrogen-bond acceptors (Lipinski definition) is 1. The molecule has 0 aromatic carbocycles. The number of nitrogens with zero attached hydrogens (tertiary/aromatic N) is 1. The van der Waals surface area contributed by atoms with Gasteiger partial charge < -0.3 is 4.40 Å². The molecule has 0 saturated heterocycles. The van der Waals surface area contributed by atoms with Gasteiger partial charge in [-0.05, 0) is 32.4 Å². The van der Waals surface area contributed by atoms with Crippen molar-refractivity contribution < 1.29 is 0 Å². The molecule has 0 aliphatic rings. The number of aromatic nitrogens is 1. The molecule has 2 rings (SSSR count). The fourth-order valence-corrected chi connectivity index (χ4v) is 2.40. The van der Waals surface area contributed by atoms with Crippen LogP contribution in [0.5, 0.6) is 0 Å². The quantitative estimate of drug-likeness (QED) is 0.565. The van der Waals surface area contributed by atoms with Crippen LogP contribution in [0.15, 0.2) is 12.3 Å². The molecular formula is C9H11NS. The van der Waals surface area contributed by atoms with E-state index >= 15 is 0 Å². The van der Waals surface area contributed by atoms with Gasteiger partial charge in [-0.25, -0.2) is 0 Å². The fraction of sp³-hybridized carbons (Fsp3) is 0.333. The second-order valence-corrected chi connectivity index (χ2v) is 4.20. The molecule has 0 bridgehead atoms. The topological polar surface area (TPSA) is 4.41 Å². The van der Waals surface area contributed by atoms with Crippen LogP contribution in [0.2, 0.25) is 0 Å². The second kappa shape index (κ2) is 2.11. The number of rotatable bonds is 0. The zero-order valence-corrected chi connectivity index (χ0v) is 7.83. The Morgan fingerprint density at radius 1 is 1.27 bits per heavy atom. The van der Waals surface area contributed by atoms with Gasteiger partial charge in [-0.2, -0.15) is 0 Å². The van der Waals surface area contributed by atoms with Crippen LogP contribution in [-0.4, -0.2) is 4.40 Å². The Labute approximate surface area is 70.3 Å². The predicted octanol–water partition coefficient (Wildman–Crippen LogP) is 2.93. The fourth-order valence-electron chi connectivity index (χ4n) is 1.31. The Morgan fingerprint density at radius 3 is 2.64 bits per heavy atom. The zero-order chi connectivity index (χ0) is 8.01. The number of hydrogen-bond donors (Lipinski definition) is 0. The highest BCUT2D eigenvalue weighted by atomic mass is 32.1. The van der Waals surface area contributed by atoms with E-state index in [4.69, 9.17) is 0 Å². The van der Waals surface area contributed by atoms with E-state index in [-0.39, 0.29) is 0 Å². The first-order valence-corrected chi connectivity index (χ1v) is 4.55. The van der Waals surface area contributed by atoms with E-state index in [9.17, 15) is 0 Å². The van der Waals surface area contributed by atoms with Crippen molar-refractivity contribution in [2.45, 2.75) is 20.8 Å². The van der Waals surface area contributed by atoms with Crippen molar-refractivity contribution in [3.05, 3.63) is 28.4 Å². The van der Waals surface area contributed by atoms with Gasteiger partial charge in [0.15, 0.2) is 0 Å². The van der Waals surface area contributed by atoms with Crippen molar-refractivity contribution in [2.75, 3.05) is 0 Å². The minimum Gasteiger partial charge on any atom is -0.311 e. The van der Waals surface area contributed by atoms with Crippen LogP contribution < -0.4 is 0 Å². The average Bonchev–Trinajstić information content (AvgIpc) is 2.37. The van der Waals surface area contributed by atoms with Gasteiger partial charge in [0, 0.05) is 16.8 Å². The third kappa shape index (κ3) is 0.897. The summed E-state index contributed by atoms with van der Waals surface area (Å²) in [6, 6.07) is 2.23. The van der Waals surface area contributed by atoms with Crippen molar-refractivity contribution in [1.29, 1.82) is 0 Å². The lowest BCUT2D eigenvalue weighted by Crippen LogP contribution is -1.80. The minimum absolute atomic E-state index is 1.35. The van der Waals surface area contributed by atoms with E-state index in [0.717, 1.165) is 0 Å². The third-order valence-electron chi connectivity index (χ3n) is 2.05. The van der Waals surface area contributed by atoms with Crippen molar-refractivity contribution in [1.82, 2.24) is 4.40 Å². The Bertz CT molecular complexity index is 395. The normalized spacial score (nSPS) is 11.2. The average molecular weight is 165 g/mol. The molecular weight excluding hydrogens is 154 g/mol. The first-order valence-electron chi connectivity index (χ1n) is 3.73. The van der Waals surface area contributed by atoms with Gasteiger partial charge in [0.05, 0.1) is 4.83 Å². The van der Waals surface area contributed by atoms with Crippen LogP contribution >= 0.6 is 11.3 Å². The molecule has 0 amide bonds. The summed E-state index contributed by atoms with van der Waals surface area (Å²) in [5, 5.41) is 0. The van der Waals surface area contributed by atoms with Crippen LogP contribution in [0.25, 0.3) is 4.83 Å². The smallest absolute Gasteiger partial charge is 0.0998 e. The van der Waals surface area contributed by atoms with Gasteiger partial charge in [0.2, 0.25) is 0 Å². The summed E-state index contributed by atoms with van der Waals surface area (Å²) < 4.78 is 2.26. The Morgan fingerprint density at radius 2 is 2.00 bits per heavy atom. The summed E-state index contributed by atoms with van der Waals surface area (Å²) in [7, 11) is 0. The van der Waals surface area contributed by atoms with Crippen LogP contribution in [-0.2, 0) is 0 Å². The molecule has 2 heteroatoms. The molecule has 58 valence electrons. The monoisotopic (exact) mass is 165 g/mol. The van der Waals surface area contributed by atoms with E-state index < -0.39 is 0 Å². The van der Waals surface area contributed by atoms with Crippen molar-refractivity contribution in [2.24, 2.45) is 0 Å². The number of thiazole rings is 1. The largest absolute Gasteiger partial charge is 0.311 e. The van der Waals surface area contributed by atoms with Crippen LogP contribution in [0.3, 0.4) is 0 Å². The highest BCUT2D eigenvalue weighted by Crippen LogP contribution is 2.23. The van der Waals surface area contributed by atoms with Gasteiger partial charge in [-0.3, -0.25) is 0 Å². The lowest BCUT2D eigenvalue weighted by molar-refractivity contribution is 1.11. The summed E-state index contributed by atoms with van der Waals surface area (Å²) in [4.78, 5) is 2.78. The molecule has 2 heterocycles. The maximum absolute atomic E-state index is 2.26. The summed E-state index contributed by atoms with van der Waals surface area (Å²) in [5.74, 6) is 0. The highest BCUT2D eigenvalue weighted by Gasteiger charge is 2.03. The molecule has 0 fully saturated rings. The second-order valence-electron chi connectivity index (χ2n) is 2.97. The standard InChI is InChI=1S/C9H11NS/c1-6-4-9-10(5-6)7(2)8(3)11-9/h4-5H,1-3H3. The molecule has 0 aliphatic carbocycles. The van der Waals surface area contributed by atoms with Gasteiger partial charge in [-0.15, -0.1) is 11.3 Å². The summed E-state index contributed by atoms with van der Waals surface area (Å²) in [5.41, 5.74) is 2.72. The molecule has 0 saturated carbocycles. The molecule has 0 radical (unpaired) electrons. The lowest BCUT2D eigenvalue weighted by atomic mass is 10.4. The van der Waals surface area contributed by atoms with Gasteiger partial charge in [0.1, 0.15) is 0 Å². The predicted molar refractivity (Wildman–Crippen MR) is 49.5 cm³/mol. The molecule has 0 atom stereocenters. The van der Waals surface area contributed by atoms with Crippen molar-refractivity contribution >= 4 is 16.2 Å². The zero-order valence-electron chi connectivity index (χ0n) is 7.01. The van der Waals surface area contributed by atoms with Crippen LogP contribution in [0.1, 0.15) is 16.1 Å². The van der Waals surface area contributed by atoms with Crippen molar-refractivity contribution in [3.8, 4) is 0 Å². The minimum atomic E-state index is 1.35. The van der Waals surface area contributed by atoms with Crippen molar-refractivity contribution in [3.63, 3.8) is 0 Å². The molecule has 0 aliphatic heterocycles. The van der Waals surface area contributed by atoms with E-state index in [1.54, 1.807) is 0 Å². The Balaban J connectivity index is 2.88. The van der Waals surface area contributed by atoms with E-state index in [1.165, 1.54) is 21.0 Å². The molecule has 11 heavy (non-hydrogen) atoms. The number of fused-ring (bicyclic) bond motifs is 1. The molecule has 0 spiro atoms. The third-order valence-corrected chi connectivity index (χ3v) is 3.18. The summed E-state index contributed by atoms with van der Waals surface area (Å²) in [6.07, 6.45) is 2.19. The number of aryl methyl sites for hydroxylation is 3. The first-order chi connectivity index (χ1) is 5.18. The maximum atomic E-state index is 2.26. The van der Waals surface area contributed by atoms with Gasteiger partial charge in [0.25, 0.3) is 0 Å².